The number of fused-ring (bicyclic) bond motifs is 1. The van der Waals surface area contributed by atoms with Crippen LogP contribution in [0.4, 0.5) is 0 Å². The van der Waals surface area contributed by atoms with Gasteiger partial charge in [0.2, 0.25) is 0 Å². The van der Waals surface area contributed by atoms with Crippen molar-refractivity contribution in [1.82, 2.24) is 9.88 Å². The highest BCUT2D eigenvalue weighted by atomic mass is 16.5. The zero-order valence-electron chi connectivity index (χ0n) is 11.8. The van der Waals surface area contributed by atoms with Crippen LogP contribution in [-0.4, -0.2) is 41.2 Å². The molecule has 0 fully saturated rings. The second-order valence-electron chi connectivity index (χ2n) is 4.74. The fraction of sp³-hybridized carbons (Fsp3) is 0.400. The molecule has 0 bridgehead atoms. The number of hydrogen-bond donors (Lipinski definition) is 2. The number of methoxy groups -OCH3 is 1. The molecule has 0 radical (unpaired) electrons. The fourth-order valence-electron chi connectivity index (χ4n) is 2.26. The molecule has 2 rings (SSSR count). The lowest BCUT2D eigenvalue weighted by Crippen LogP contribution is -2.25. The molecule has 0 aliphatic rings. The Labute approximate surface area is 118 Å². The summed E-state index contributed by atoms with van der Waals surface area (Å²) < 4.78 is 5.25. The number of aromatic nitrogens is 1. The molecule has 2 aromatic rings. The number of nitrogens with zero attached hydrogens (tertiary/aromatic N) is 1. The van der Waals surface area contributed by atoms with Crippen molar-refractivity contribution in [2.75, 3.05) is 20.2 Å². The lowest BCUT2D eigenvalue weighted by atomic mass is 10.1. The topological polar surface area (TPSA) is 65.6 Å². The number of hydrogen-bond acceptors (Lipinski definition) is 3. The Bertz CT molecular complexity index is 592. The van der Waals surface area contributed by atoms with Gasteiger partial charge in [-0.2, -0.15) is 0 Å². The SMILES string of the molecule is CCN(CCC(=O)O)Cc1c[nH]c2ccc(OC)cc12. The predicted molar refractivity (Wildman–Crippen MR) is 78.1 cm³/mol. The van der Waals surface area contributed by atoms with Gasteiger partial charge in [-0.15, -0.1) is 0 Å². The van der Waals surface area contributed by atoms with E-state index in [0.717, 1.165) is 35.3 Å². The van der Waals surface area contributed by atoms with Crippen LogP contribution in [0.5, 0.6) is 5.75 Å². The van der Waals surface area contributed by atoms with Crippen LogP contribution in [0.2, 0.25) is 0 Å². The molecule has 108 valence electrons. The Morgan fingerprint density at radius 2 is 2.25 bits per heavy atom. The molecule has 1 aromatic carbocycles. The van der Waals surface area contributed by atoms with Crippen molar-refractivity contribution in [2.45, 2.75) is 19.9 Å². The number of carboxylic acid groups (broad SMARTS) is 1. The van der Waals surface area contributed by atoms with E-state index in [9.17, 15) is 4.79 Å². The van der Waals surface area contributed by atoms with Crippen molar-refractivity contribution in [2.24, 2.45) is 0 Å². The third-order valence-corrected chi connectivity index (χ3v) is 3.46. The highest BCUT2D eigenvalue weighted by Crippen LogP contribution is 2.24. The summed E-state index contributed by atoms with van der Waals surface area (Å²) in [6.07, 6.45) is 2.15. The van der Waals surface area contributed by atoms with E-state index in [1.54, 1.807) is 7.11 Å². The van der Waals surface area contributed by atoms with Crippen LogP contribution in [0.15, 0.2) is 24.4 Å². The quantitative estimate of drug-likeness (QED) is 0.815. The molecular formula is C15H20N2O3. The van der Waals surface area contributed by atoms with Gasteiger partial charge >= 0.3 is 5.97 Å². The molecule has 1 aromatic heterocycles. The highest BCUT2D eigenvalue weighted by molar-refractivity contribution is 5.84. The molecule has 5 nitrogen and oxygen atoms in total. The molecule has 0 aliphatic carbocycles. The summed E-state index contributed by atoms with van der Waals surface area (Å²) in [5, 5.41) is 9.90. The van der Waals surface area contributed by atoms with Crippen molar-refractivity contribution >= 4 is 16.9 Å². The van der Waals surface area contributed by atoms with Gasteiger partial charge in [-0.3, -0.25) is 9.69 Å². The van der Waals surface area contributed by atoms with Crippen molar-refractivity contribution in [3.63, 3.8) is 0 Å². The van der Waals surface area contributed by atoms with E-state index in [-0.39, 0.29) is 6.42 Å². The fourth-order valence-corrected chi connectivity index (χ4v) is 2.26. The second-order valence-corrected chi connectivity index (χ2v) is 4.74. The maximum absolute atomic E-state index is 10.7. The molecular weight excluding hydrogens is 256 g/mol. The first kappa shape index (κ1) is 14.4. The van der Waals surface area contributed by atoms with Gasteiger partial charge in [0.05, 0.1) is 13.5 Å². The Hall–Kier alpha value is -2.01. The Balaban J connectivity index is 2.17. The van der Waals surface area contributed by atoms with E-state index in [1.807, 2.05) is 31.3 Å². The maximum Gasteiger partial charge on any atom is 0.304 e. The first-order valence-electron chi connectivity index (χ1n) is 6.72. The third-order valence-electron chi connectivity index (χ3n) is 3.46. The number of H-pyrrole nitrogens is 1. The molecule has 5 heteroatoms. The maximum atomic E-state index is 10.7. The van der Waals surface area contributed by atoms with Crippen LogP contribution >= 0.6 is 0 Å². The van der Waals surface area contributed by atoms with Gasteiger partial charge in [0.25, 0.3) is 0 Å². The van der Waals surface area contributed by atoms with Gasteiger partial charge in [-0.25, -0.2) is 0 Å². The van der Waals surface area contributed by atoms with Crippen LogP contribution in [0, 0.1) is 0 Å². The molecule has 0 saturated heterocycles. The minimum atomic E-state index is -0.760. The molecule has 0 aliphatic heterocycles. The van der Waals surface area contributed by atoms with Crippen LogP contribution in [-0.2, 0) is 11.3 Å². The standard InChI is InChI=1S/C15H20N2O3/c1-3-17(7-6-15(18)19)10-11-9-16-14-5-4-12(20-2)8-13(11)14/h4-5,8-9,16H,3,6-7,10H2,1-2H3,(H,18,19). The third kappa shape index (κ3) is 3.30. The molecule has 20 heavy (non-hydrogen) atoms. The van der Waals surface area contributed by atoms with Crippen LogP contribution in [0.1, 0.15) is 18.9 Å². The number of aromatic amines is 1. The van der Waals surface area contributed by atoms with Gasteiger partial charge in [0.15, 0.2) is 0 Å². The van der Waals surface area contributed by atoms with Crippen molar-refractivity contribution < 1.29 is 14.6 Å². The lowest BCUT2D eigenvalue weighted by Gasteiger charge is -2.18. The zero-order valence-corrected chi connectivity index (χ0v) is 11.8. The average molecular weight is 276 g/mol. The number of nitrogens with one attached hydrogen (secondary N) is 1. The van der Waals surface area contributed by atoms with E-state index >= 15 is 0 Å². The molecule has 0 saturated carbocycles. The molecule has 1 heterocycles. The number of ether oxygens (including phenoxy) is 1. The summed E-state index contributed by atoms with van der Waals surface area (Å²) >= 11 is 0. The van der Waals surface area contributed by atoms with Gasteiger partial charge in [0, 0.05) is 30.2 Å². The van der Waals surface area contributed by atoms with Crippen LogP contribution in [0.3, 0.4) is 0 Å². The summed E-state index contributed by atoms with van der Waals surface area (Å²) in [5.41, 5.74) is 2.22. The minimum absolute atomic E-state index is 0.166. The van der Waals surface area contributed by atoms with Crippen LogP contribution in [0.25, 0.3) is 10.9 Å². The number of carboxylic acids is 1. The van der Waals surface area contributed by atoms with Crippen LogP contribution < -0.4 is 4.74 Å². The van der Waals surface area contributed by atoms with Gasteiger partial charge < -0.3 is 14.8 Å². The molecule has 2 N–H and O–H groups in total. The normalized spacial score (nSPS) is 11.2. The molecule has 0 amide bonds. The summed E-state index contributed by atoms with van der Waals surface area (Å²) in [5.74, 6) is 0.0657. The first-order valence-corrected chi connectivity index (χ1v) is 6.72. The van der Waals surface area contributed by atoms with Gasteiger partial charge in [-0.05, 0) is 30.3 Å². The largest absolute Gasteiger partial charge is 0.497 e. The van der Waals surface area contributed by atoms with E-state index < -0.39 is 5.97 Å². The number of carbonyl (C=O) groups is 1. The Kier molecular flexibility index (Phi) is 4.63. The predicted octanol–water partition coefficient (Wildman–Crippen LogP) is 2.47. The number of rotatable bonds is 7. The highest BCUT2D eigenvalue weighted by Gasteiger charge is 2.10. The molecule has 0 atom stereocenters. The summed E-state index contributed by atoms with van der Waals surface area (Å²) in [6.45, 7) is 4.15. The van der Waals surface area contributed by atoms with E-state index in [4.69, 9.17) is 9.84 Å². The number of aliphatic carboxylic acids is 1. The van der Waals surface area contributed by atoms with E-state index in [0.29, 0.717) is 6.54 Å². The zero-order chi connectivity index (χ0) is 14.5. The summed E-state index contributed by atoms with van der Waals surface area (Å²) in [6, 6.07) is 5.92. The molecule has 0 unspecified atom stereocenters. The monoisotopic (exact) mass is 276 g/mol. The Morgan fingerprint density at radius 1 is 1.45 bits per heavy atom. The average Bonchev–Trinajstić information content (AvgIpc) is 2.85. The van der Waals surface area contributed by atoms with E-state index in [1.165, 1.54) is 0 Å². The summed E-state index contributed by atoms with van der Waals surface area (Å²) in [4.78, 5) is 16.0. The van der Waals surface area contributed by atoms with Crippen molar-refractivity contribution in [3.8, 4) is 5.75 Å². The number of benzene rings is 1. The minimum Gasteiger partial charge on any atom is -0.497 e. The molecule has 0 spiro atoms. The summed E-state index contributed by atoms with van der Waals surface area (Å²) in [7, 11) is 1.65. The Morgan fingerprint density at radius 3 is 2.90 bits per heavy atom. The van der Waals surface area contributed by atoms with Gasteiger partial charge in [0.1, 0.15) is 5.75 Å². The van der Waals surface area contributed by atoms with Crippen molar-refractivity contribution in [3.05, 3.63) is 30.0 Å². The van der Waals surface area contributed by atoms with E-state index in [2.05, 4.69) is 9.88 Å². The lowest BCUT2D eigenvalue weighted by molar-refractivity contribution is -0.137. The second kappa shape index (κ2) is 6.43. The van der Waals surface area contributed by atoms with Crippen molar-refractivity contribution in [1.29, 1.82) is 0 Å². The smallest absolute Gasteiger partial charge is 0.304 e. The first-order chi connectivity index (χ1) is 9.63. The van der Waals surface area contributed by atoms with Gasteiger partial charge in [-0.1, -0.05) is 6.92 Å².